The maximum atomic E-state index is 14.0. The monoisotopic (exact) mass is 625 g/mol. The van der Waals surface area contributed by atoms with Crippen molar-refractivity contribution in [1.82, 2.24) is 24.9 Å². The minimum absolute atomic E-state index is 0.00817. The third-order valence-corrected chi connectivity index (χ3v) is 8.98. The Morgan fingerprint density at radius 1 is 1.23 bits per heavy atom. The van der Waals surface area contributed by atoms with Gasteiger partial charge in [-0.25, -0.2) is 4.68 Å². The van der Waals surface area contributed by atoms with Crippen LogP contribution in [0.1, 0.15) is 47.2 Å². The summed E-state index contributed by atoms with van der Waals surface area (Å²) >= 11 is 1.50. The van der Waals surface area contributed by atoms with Gasteiger partial charge in [0.25, 0.3) is 0 Å². The molecule has 2 aromatic carbocycles. The van der Waals surface area contributed by atoms with Gasteiger partial charge in [-0.1, -0.05) is 17.3 Å². The molecule has 1 aliphatic heterocycles. The molecule has 2 atom stereocenters. The highest BCUT2D eigenvalue weighted by Gasteiger charge is 2.44. The lowest BCUT2D eigenvalue weighted by Crippen LogP contribution is -2.42. The number of aromatic amines is 1. The number of aromatic nitrogens is 4. The van der Waals surface area contributed by atoms with Crippen molar-refractivity contribution in [2.75, 3.05) is 13.2 Å². The van der Waals surface area contributed by atoms with Gasteiger partial charge < -0.3 is 14.5 Å². The number of nitrogens with one attached hydrogen (secondary N) is 1. The molecule has 1 N–H and O–H groups in total. The van der Waals surface area contributed by atoms with Gasteiger partial charge in [0.2, 0.25) is 11.7 Å². The van der Waals surface area contributed by atoms with E-state index >= 15 is 0 Å². The van der Waals surface area contributed by atoms with Gasteiger partial charge >= 0.3 is 12.1 Å². The van der Waals surface area contributed by atoms with Crippen LogP contribution in [-0.2, 0) is 29.7 Å². The second-order valence-electron chi connectivity index (χ2n) is 10.9. The van der Waals surface area contributed by atoms with Crippen molar-refractivity contribution >= 4 is 38.4 Å². The number of esters is 1. The Hall–Kier alpha value is -4.23. The van der Waals surface area contributed by atoms with Gasteiger partial charge in [0.1, 0.15) is 11.3 Å². The molecule has 0 fully saturated rings. The largest absolute Gasteiger partial charge is 0.478 e. The second-order valence-corrected chi connectivity index (χ2v) is 11.8. The number of carbonyl (C=O) groups excluding carboxylic acids is 1. The van der Waals surface area contributed by atoms with Gasteiger partial charge in [0.05, 0.1) is 24.2 Å². The molecule has 13 heteroatoms. The van der Waals surface area contributed by atoms with Gasteiger partial charge in [-0.3, -0.25) is 14.5 Å². The number of pyridine rings is 1. The summed E-state index contributed by atoms with van der Waals surface area (Å²) in [5, 5.41) is 11.3. The minimum atomic E-state index is -4.61. The van der Waals surface area contributed by atoms with Crippen molar-refractivity contribution in [3.8, 4) is 5.75 Å². The molecule has 0 amide bonds. The number of aryl methyl sites for hydroxylation is 2. The first kappa shape index (κ1) is 29.8. The van der Waals surface area contributed by atoms with Crippen LogP contribution in [0.5, 0.6) is 5.75 Å². The van der Waals surface area contributed by atoms with E-state index in [0.29, 0.717) is 0 Å². The van der Waals surface area contributed by atoms with Crippen molar-refractivity contribution in [2.24, 2.45) is 7.05 Å². The highest BCUT2D eigenvalue weighted by Crippen LogP contribution is 2.38. The maximum absolute atomic E-state index is 14.0. The van der Waals surface area contributed by atoms with Crippen LogP contribution in [0.2, 0.25) is 0 Å². The number of H-pyrrole nitrogens is 1. The number of alkyl halides is 3. The molecule has 0 spiro atoms. The maximum Gasteiger partial charge on any atom is 0.426 e. The van der Waals surface area contributed by atoms with Gasteiger partial charge in [-0.05, 0) is 71.1 Å². The summed E-state index contributed by atoms with van der Waals surface area (Å²) in [6.45, 7) is 3.73. The Labute approximate surface area is 254 Å². The summed E-state index contributed by atoms with van der Waals surface area (Å²) in [4.78, 5) is 29.2. The van der Waals surface area contributed by atoms with E-state index in [9.17, 15) is 22.8 Å². The summed E-state index contributed by atoms with van der Waals surface area (Å²) in [6.07, 6.45) is -6.62. The summed E-state index contributed by atoms with van der Waals surface area (Å²) in [6, 6.07) is 12.3. The molecule has 230 valence electrons. The number of thiophene rings is 1. The molecule has 1 unspecified atom stereocenters. The second kappa shape index (κ2) is 11.7. The number of carbonyl (C=O) groups is 1. The van der Waals surface area contributed by atoms with Gasteiger partial charge in [0, 0.05) is 43.4 Å². The van der Waals surface area contributed by atoms with Crippen LogP contribution in [-0.4, -0.2) is 56.3 Å². The van der Waals surface area contributed by atoms with E-state index in [4.69, 9.17) is 9.47 Å². The minimum Gasteiger partial charge on any atom is -0.478 e. The van der Waals surface area contributed by atoms with E-state index in [-0.39, 0.29) is 43.5 Å². The number of ether oxygens (including phenoxy) is 2. The average Bonchev–Trinajstić information content (AvgIpc) is 3.55. The van der Waals surface area contributed by atoms with E-state index in [2.05, 4.69) is 15.3 Å². The Bertz CT molecular complexity index is 1910. The zero-order valence-corrected chi connectivity index (χ0v) is 25.1. The van der Waals surface area contributed by atoms with Crippen molar-refractivity contribution in [2.45, 2.75) is 51.6 Å². The van der Waals surface area contributed by atoms with Crippen LogP contribution < -0.4 is 10.3 Å². The van der Waals surface area contributed by atoms with E-state index in [1.54, 1.807) is 16.5 Å². The molecule has 9 nitrogen and oxygen atoms in total. The molecule has 44 heavy (non-hydrogen) atoms. The number of hydrogen-bond acceptors (Lipinski definition) is 8. The summed E-state index contributed by atoms with van der Waals surface area (Å²) < 4.78 is 55.4. The Kier molecular flexibility index (Phi) is 7.93. The van der Waals surface area contributed by atoms with Crippen LogP contribution >= 0.6 is 11.3 Å². The van der Waals surface area contributed by atoms with Gasteiger partial charge in [-0.15, -0.1) is 16.4 Å². The van der Waals surface area contributed by atoms with Crippen LogP contribution in [0.15, 0.2) is 52.6 Å². The summed E-state index contributed by atoms with van der Waals surface area (Å²) in [5.41, 5.74) is 4.86. The SMILES string of the molecule is CCOC(=O)CC(c1cc(CN2Cc3[nH]c(=O)ccc3O[C@H](C(F)(F)F)C2)c2sccc2c1)c1ccc2c(nnn2C)c1C. The van der Waals surface area contributed by atoms with E-state index in [1.165, 1.54) is 17.4 Å². The quantitative estimate of drug-likeness (QED) is 0.235. The van der Waals surface area contributed by atoms with E-state index < -0.39 is 30.3 Å². The van der Waals surface area contributed by atoms with Crippen LogP contribution in [0.25, 0.3) is 21.1 Å². The Balaban J connectivity index is 1.43. The molecular weight excluding hydrogens is 595 g/mol. The lowest BCUT2D eigenvalue weighted by Gasteiger charge is -2.26. The Morgan fingerprint density at radius 3 is 2.82 bits per heavy atom. The lowest BCUT2D eigenvalue weighted by atomic mass is 9.84. The number of hydrogen-bond donors (Lipinski definition) is 1. The molecule has 0 saturated heterocycles. The average molecular weight is 626 g/mol. The van der Waals surface area contributed by atoms with Gasteiger partial charge in [-0.2, -0.15) is 13.2 Å². The van der Waals surface area contributed by atoms with Crippen molar-refractivity contribution in [1.29, 1.82) is 0 Å². The number of halogens is 3. The Morgan fingerprint density at radius 2 is 2.05 bits per heavy atom. The third-order valence-electron chi connectivity index (χ3n) is 7.98. The number of rotatable bonds is 7. The molecule has 0 radical (unpaired) electrons. The number of fused-ring (bicyclic) bond motifs is 3. The first-order valence-corrected chi connectivity index (χ1v) is 15.0. The van der Waals surface area contributed by atoms with Crippen molar-refractivity contribution < 1.29 is 27.4 Å². The first-order valence-electron chi connectivity index (χ1n) is 14.1. The standard InChI is InChI=1S/C31H30F3N5O4S/c1-4-42-28(41)13-22(21-5-6-24-29(17(21)2)36-37-38(24)3)19-11-18-9-10-44-30(18)20(12-19)14-39-15-23-25(7-8-27(40)35-23)43-26(16-39)31(32,33)34/h5-12,22,26H,4,13-16H2,1-3H3,(H,35,40)/t22?,26-/m0/s1. The molecule has 6 rings (SSSR count). The molecule has 4 heterocycles. The van der Waals surface area contributed by atoms with Crippen molar-refractivity contribution in [3.05, 3.63) is 86.1 Å². The van der Waals surface area contributed by atoms with Crippen molar-refractivity contribution in [3.63, 3.8) is 0 Å². The van der Waals surface area contributed by atoms with E-state index in [1.807, 2.05) is 49.7 Å². The predicted octanol–water partition coefficient (Wildman–Crippen LogP) is 5.59. The summed E-state index contributed by atoms with van der Waals surface area (Å²) in [5.74, 6) is -0.758. The zero-order chi connectivity index (χ0) is 31.2. The van der Waals surface area contributed by atoms with Crippen LogP contribution in [0.3, 0.4) is 0 Å². The predicted molar refractivity (Wildman–Crippen MR) is 160 cm³/mol. The number of nitrogens with zero attached hydrogens (tertiary/aromatic N) is 4. The molecular formula is C31H30F3N5O4S. The molecule has 0 bridgehead atoms. The topological polar surface area (TPSA) is 102 Å². The first-order chi connectivity index (χ1) is 21.0. The molecule has 0 aliphatic carbocycles. The highest BCUT2D eigenvalue weighted by molar-refractivity contribution is 7.17. The highest BCUT2D eigenvalue weighted by atomic mass is 32.1. The van der Waals surface area contributed by atoms with Gasteiger partial charge in [0.15, 0.2) is 0 Å². The normalized spacial score (nSPS) is 16.5. The zero-order valence-electron chi connectivity index (χ0n) is 24.3. The fourth-order valence-electron chi connectivity index (χ4n) is 5.90. The fraction of sp³-hybridized carbons (Fsp3) is 0.355. The van der Waals surface area contributed by atoms with Crippen LogP contribution in [0.4, 0.5) is 13.2 Å². The summed E-state index contributed by atoms with van der Waals surface area (Å²) in [7, 11) is 1.81. The molecule has 5 aromatic rings. The number of benzene rings is 2. The lowest BCUT2D eigenvalue weighted by molar-refractivity contribution is -0.198. The molecule has 0 saturated carbocycles. The third kappa shape index (κ3) is 5.81. The van der Waals surface area contributed by atoms with Crippen LogP contribution in [0, 0.1) is 6.92 Å². The molecule has 1 aliphatic rings. The van der Waals surface area contributed by atoms with E-state index in [0.717, 1.165) is 49.4 Å². The molecule has 3 aromatic heterocycles. The fourth-order valence-corrected chi connectivity index (χ4v) is 6.79. The smallest absolute Gasteiger partial charge is 0.426 e.